The highest BCUT2D eigenvalue weighted by Gasteiger charge is 2.49. The van der Waals surface area contributed by atoms with Crippen molar-refractivity contribution in [3.05, 3.63) is 42.0 Å². The lowest BCUT2D eigenvalue weighted by Gasteiger charge is -2.50. The largest absolute Gasteiger partial charge is 0.377 e. The summed E-state index contributed by atoms with van der Waals surface area (Å²) in [4.78, 5) is 4.47. The van der Waals surface area contributed by atoms with Gasteiger partial charge in [0, 0.05) is 57.2 Å². The Morgan fingerprint density at radius 2 is 1.52 bits per heavy atom. The van der Waals surface area contributed by atoms with Gasteiger partial charge in [0.15, 0.2) is 5.79 Å². The molecule has 5 heteroatoms. The molecular formula is C26H37N2O2P. The van der Waals surface area contributed by atoms with Gasteiger partial charge in [-0.3, -0.25) is 0 Å². The molecule has 2 aromatic rings. The minimum Gasteiger partial charge on any atom is -0.377 e. The van der Waals surface area contributed by atoms with E-state index in [0.717, 1.165) is 6.42 Å². The highest BCUT2D eigenvalue weighted by atomic mass is 31.1. The first-order valence-corrected chi connectivity index (χ1v) is 12.6. The Morgan fingerprint density at radius 1 is 0.968 bits per heavy atom. The lowest BCUT2D eigenvalue weighted by Crippen LogP contribution is -2.42. The standard InChI is InChI=1S/C26H37N2O2P/c1-18-19-11-9-12-20(23-21(27(5)6)13-10-14-22(23)28(7)8)24(19)31(18)25(2,3)17-26(4)29-15-16-30-26/h9-14,18H,15-17H2,1-8H3. The van der Waals surface area contributed by atoms with Crippen molar-refractivity contribution >= 4 is 24.6 Å². The molecule has 1 saturated heterocycles. The third kappa shape index (κ3) is 3.88. The Morgan fingerprint density at radius 3 is 2.06 bits per heavy atom. The lowest BCUT2D eigenvalue weighted by atomic mass is 9.96. The smallest absolute Gasteiger partial charge is 0.166 e. The van der Waals surface area contributed by atoms with Crippen molar-refractivity contribution < 1.29 is 9.47 Å². The van der Waals surface area contributed by atoms with Gasteiger partial charge >= 0.3 is 0 Å². The van der Waals surface area contributed by atoms with Gasteiger partial charge in [-0.1, -0.05) is 53.0 Å². The third-order valence-corrected chi connectivity index (χ3v) is 10.2. The maximum absolute atomic E-state index is 6.01. The number of hydrogen-bond acceptors (Lipinski definition) is 4. The first-order chi connectivity index (χ1) is 14.6. The Kier molecular flexibility index (Phi) is 5.87. The first-order valence-electron chi connectivity index (χ1n) is 11.2. The summed E-state index contributed by atoms with van der Waals surface area (Å²) in [6, 6.07) is 13.5. The molecule has 31 heavy (non-hydrogen) atoms. The van der Waals surface area contributed by atoms with Crippen molar-refractivity contribution in [3.8, 4) is 11.1 Å². The molecule has 0 amide bonds. The average Bonchev–Trinajstić information content (AvgIpc) is 3.11. The molecule has 0 N–H and O–H groups in total. The van der Waals surface area contributed by atoms with Crippen LogP contribution in [0, 0.1) is 0 Å². The van der Waals surface area contributed by atoms with E-state index in [-0.39, 0.29) is 13.1 Å². The van der Waals surface area contributed by atoms with Crippen LogP contribution >= 0.6 is 7.92 Å². The fraction of sp³-hybridized carbons (Fsp3) is 0.538. The molecule has 0 spiro atoms. The predicted octanol–water partition coefficient (Wildman–Crippen LogP) is 5.60. The van der Waals surface area contributed by atoms with Crippen LogP contribution in [0.2, 0.25) is 0 Å². The SMILES string of the molecule is CC1c2cccc(-c3c(N(C)C)cccc3N(C)C)c2P1C(C)(C)CC1(C)OCCO1. The fourth-order valence-electron chi connectivity index (χ4n) is 5.54. The summed E-state index contributed by atoms with van der Waals surface area (Å²) < 4.78 is 12.0. The zero-order valence-corrected chi connectivity index (χ0v) is 21.2. The van der Waals surface area contributed by atoms with Crippen molar-refractivity contribution in [2.24, 2.45) is 0 Å². The van der Waals surface area contributed by atoms with Crippen LogP contribution in [0.5, 0.6) is 0 Å². The number of nitrogens with zero attached hydrogens (tertiary/aromatic N) is 2. The fourth-order valence-corrected chi connectivity index (χ4v) is 9.32. The lowest BCUT2D eigenvalue weighted by molar-refractivity contribution is -0.150. The number of anilines is 2. The Bertz CT molecular complexity index is 938. The van der Waals surface area contributed by atoms with E-state index in [2.05, 4.69) is 102 Å². The summed E-state index contributed by atoms with van der Waals surface area (Å²) in [5, 5.41) is 1.68. The molecule has 0 aromatic heterocycles. The number of rotatable bonds is 6. The maximum Gasteiger partial charge on any atom is 0.166 e. The Balaban J connectivity index is 1.84. The van der Waals surface area contributed by atoms with E-state index in [1.165, 1.54) is 28.1 Å². The molecule has 2 heterocycles. The van der Waals surface area contributed by atoms with Gasteiger partial charge in [0.05, 0.1) is 13.2 Å². The van der Waals surface area contributed by atoms with Crippen molar-refractivity contribution in [1.82, 2.24) is 0 Å². The molecule has 4 nitrogen and oxygen atoms in total. The normalized spacial score (nSPS) is 22.1. The summed E-state index contributed by atoms with van der Waals surface area (Å²) in [5.41, 5.74) is 7.35. The van der Waals surface area contributed by atoms with E-state index in [4.69, 9.17) is 9.47 Å². The van der Waals surface area contributed by atoms with Crippen molar-refractivity contribution in [1.29, 1.82) is 0 Å². The van der Waals surface area contributed by atoms with Crippen LogP contribution < -0.4 is 15.1 Å². The van der Waals surface area contributed by atoms with Crippen molar-refractivity contribution in [2.45, 2.75) is 50.7 Å². The minimum absolute atomic E-state index is 0.113. The van der Waals surface area contributed by atoms with Crippen LogP contribution in [0.3, 0.4) is 0 Å². The van der Waals surface area contributed by atoms with Gasteiger partial charge in [-0.05, 0) is 40.6 Å². The summed E-state index contributed by atoms with van der Waals surface area (Å²) in [7, 11) is 8.18. The van der Waals surface area contributed by atoms with Gasteiger partial charge in [-0.2, -0.15) is 0 Å². The van der Waals surface area contributed by atoms with Gasteiger partial charge in [0.2, 0.25) is 0 Å². The van der Waals surface area contributed by atoms with Crippen LogP contribution in [-0.4, -0.2) is 52.3 Å². The monoisotopic (exact) mass is 440 g/mol. The zero-order valence-electron chi connectivity index (χ0n) is 20.3. The van der Waals surface area contributed by atoms with Gasteiger partial charge in [-0.25, -0.2) is 0 Å². The van der Waals surface area contributed by atoms with E-state index >= 15 is 0 Å². The summed E-state index contributed by atoms with van der Waals surface area (Å²) in [6.07, 6.45) is 0.916. The molecule has 0 aliphatic carbocycles. The van der Waals surface area contributed by atoms with Gasteiger partial charge in [0.1, 0.15) is 0 Å². The predicted molar refractivity (Wildman–Crippen MR) is 135 cm³/mol. The molecule has 2 aliphatic rings. The molecule has 2 aromatic carbocycles. The summed E-state index contributed by atoms with van der Waals surface area (Å²) >= 11 is 0. The summed E-state index contributed by atoms with van der Waals surface area (Å²) in [5.74, 6) is -0.466. The van der Waals surface area contributed by atoms with Gasteiger partial charge < -0.3 is 19.3 Å². The Hall–Kier alpha value is -1.61. The highest BCUT2D eigenvalue weighted by Crippen LogP contribution is 2.70. The highest BCUT2D eigenvalue weighted by molar-refractivity contribution is 7.70. The summed E-state index contributed by atoms with van der Waals surface area (Å²) in [6.45, 7) is 10.7. The molecule has 2 aliphatic heterocycles. The molecule has 2 unspecified atom stereocenters. The molecular weight excluding hydrogens is 403 g/mol. The zero-order chi connectivity index (χ0) is 22.6. The Labute approximate surface area is 189 Å². The van der Waals surface area contributed by atoms with E-state index in [1.54, 1.807) is 5.30 Å². The van der Waals surface area contributed by atoms with Crippen molar-refractivity contribution in [2.75, 3.05) is 51.2 Å². The quantitative estimate of drug-likeness (QED) is 0.546. The topological polar surface area (TPSA) is 24.9 Å². The number of hydrogen-bond donors (Lipinski definition) is 0. The van der Waals surface area contributed by atoms with E-state index in [9.17, 15) is 0 Å². The van der Waals surface area contributed by atoms with E-state index in [0.29, 0.717) is 18.9 Å². The second-order valence-corrected chi connectivity index (χ2v) is 13.2. The third-order valence-electron chi connectivity index (χ3n) is 6.70. The average molecular weight is 441 g/mol. The van der Waals surface area contributed by atoms with Crippen LogP contribution in [0.4, 0.5) is 11.4 Å². The van der Waals surface area contributed by atoms with Crippen LogP contribution in [-0.2, 0) is 9.47 Å². The maximum atomic E-state index is 6.01. The van der Waals surface area contributed by atoms with E-state index in [1.807, 2.05) is 0 Å². The molecule has 168 valence electrons. The van der Waals surface area contributed by atoms with Crippen LogP contribution in [0.15, 0.2) is 36.4 Å². The molecule has 0 radical (unpaired) electrons. The molecule has 0 bridgehead atoms. The second-order valence-electron chi connectivity index (χ2n) is 10.1. The van der Waals surface area contributed by atoms with Crippen molar-refractivity contribution in [3.63, 3.8) is 0 Å². The molecule has 4 rings (SSSR count). The van der Waals surface area contributed by atoms with E-state index < -0.39 is 5.79 Å². The second kappa shape index (κ2) is 8.06. The molecule has 0 saturated carbocycles. The van der Waals surface area contributed by atoms with Crippen LogP contribution in [0.25, 0.3) is 11.1 Å². The molecule has 2 atom stereocenters. The van der Waals surface area contributed by atoms with Gasteiger partial charge in [-0.15, -0.1) is 0 Å². The number of benzene rings is 2. The first kappa shape index (κ1) is 22.6. The van der Waals surface area contributed by atoms with Gasteiger partial charge in [0.25, 0.3) is 0 Å². The number of fused-ring (bicyclic) bond motifs is 1. The van der Waals surface area contributed by atoms with Crippen LogP contribution in [0.1, 0.15) is 45.3 Å². The number of ether oxygens (including phenoxy) is 2. The minimum atomic E-state index is -0.466. The molecule has 1 fully saturated rings.